The molecule has 1 atom stereocenters. The highest BCUT2D eigenvalue weighted by molar-refractivity contribution is 6.10. The van der Waals surface area contributed by atoms with Gasteiger partial charge in [-0.1, -0.05) is 146 Å². The number of hydrogen-bond acceptors (Lipinski definition) is 0. The molecule has 9 rings (SSSR count). The third-order valence-electron chi connectivity index (χ3n) is 11.5. The maximum Gasteiger partial charge on any atom is 0.0541 e. The third-order valence-corrected chi connectivity index (χ3v) is 11.5. The number of nitrogens with zero attached hydrogens (tertiary/aromatic N) is 1. The molecule has 0 bridgehead atoms. The molecule has 2 aliphatic carbocycles. The fourth-order valence-electron chi connectivity index (χ4n) is 8.85. The standard InChI is InChI=1S/C52H43N/c1-4-5-6-7-8-18-37-26-30-40(31-27-37)53-50-25-16-13-22-45(50)46-34-38(29-33-51(46)53)39-28-32-44(41-19-10-9-17-36(41)2)49(35-39)52(3)47-23-14-11-20-42(47)43-21-12-15-24-48(43)52/h4-11,13-20,22-35H,12,21H2,1-3H3/b5-4-,7-6-,18-8+. The molecule has 0 saturated heterocycles. The Hall–Kier alpha value is -6.18. The molecule has 256 valence electrons. The van der Waals surface area contributed by atoms with E-state index in [1.54, 1.807) is 0 Å². The molecule has 0 N–H and O–H groups in total. The Morgan fingerprint density at radius 1 is 0.604 bits per heavy atom. The van der Waals surface area contributed by atoms with E-state index in [4.69, 9.17) is 0 Å². The molecule has 0 radical (unpaired) electrons. The van der Waals surface area contributed by atoms with Crippen LogP contribution in [0.4, 0.5) is 0 Å². The molecule has 6 aromatic carbocycles. The summed E-state index contributed by atoms with van der Waals surface area (Å²) in [6.45, 7) is 6.73. The zero-order chi connectivity index (χ0) is 35.9. The number of aryl methyl sites for hydroxylation is 1. The maximum absolute atomic E-state index is 2.50. The van der Waals surface area contributed by atoms with Crippen LogP contribution in [0.1, 0.15) is 54.5 Å². The Kier molecular flexibility index (Phi) is 8.28. The van der Waals surface area contributed by atoms with Gasteiger partial charge < -0.3 is 4.57 Å². The molecule has 2 aliphatic rings. The number of rotatable bonds is 7. The summed E-state index contributed by atoms with van der Waals surface area (Å²) in [5.74, 6) is 0. The van der Waals surface area contributed by atoms with Crippen molar-refractivity contribution in [1.82, 2.24) is 4.57 Å². The highest BCUT2D eigenvalue weighted by Crippen LogP contribution is 2.55. The van der Waals surface area contributed by atoms with E-state index in [0.29, 0.717) is 0 Å². The van der Waals surface area contributed by atoms with Crippen LogP contribution in [0.15, 0.2) is 182 Å². The zero-order valence-corrected chi connectivity index (χ0v) is 30.7. The quantitative estimate of drug-likeness (QED) is 0.148. The van der Waals surface area contributed by atoms with Crippen LogP contribution in [0.3, 0.4) is 0 Å². The van der Waals surface area contributed by atoms with Gasteiger partial charge in [0.25, 0.3) is 0 Å². The number of fused-ring (bicyclic) bond motifs is 5. The molecule has 0 spiro atoms. The molecule has 1 unspecified atom stereocenters. The van der Waals surface area contributed by atoms with E-state index in [2.05, 4.69) is 182 Å². The van der Waals surface area contributed by atoms with Crippen LogP contribution < -0.4 is 0 Å². The topological polar surface area (TPSA) is 4.93 Å². The lowest BCUT2D eigenvalue weighted by Crippen LogP contribution is -2.25. The van der Waals surface area contributed by atoms with Crippen molar-refractivity contribution in [2.45, 2.75) is 39.0 Å². The molecule has 0 fully saturated rings. The van der Waals surface area contributed by atoms with Gasteiger partial charge in [0, 0.05) is 21.9 Å². The van der Waals surface area contributed by atoms with Gasteiger partial charge in [0.05, 0.1) is 11.0 Å². The van der Waals surface area contributed by atoms with Crippen LogP contribution in [0.2, 0.25) is 0 Å². The van der Waals surface area contributed by atoms with Gasteiger partial charge in [-0.3, -0.25) is 0 Å². The van der Waals surface area contributed by atoms with Crippen LogP contribution in [-0.4, -0.2) is 4.57 Å². The molecule has 0 saturated carbocycles. The number of para-hydroxylation sites is 1. The molecule has 53 heavy (non-hydrogen) atoms. The van der Waals surface area contributed by atoms with E-state index >= 15 is 0 Å². The van der Waals surface area contributed by atoms with E-state index in [-0.39, 0.29) is 5.41 Å². The second kappa shape index (κ2) is 13.4. The molecular weight excluding hydrogens is 639 g/mol. The van der Waals surface area contributed by atoms with Gasteiger partial charge in [-0.05, 0) is 131 Å². The first kappa shape index (κ1) is 32.7. The van der Waals surface area contributed by atoms with Crippen LogP contribution in [-0.2, 0) is 5.41 Å². The number of benzene rings is 6. The summed E-state index contributed by atoms with van der Waals surface area (Å²) in [5, 5.41) is 2.52. The van der Waals surface area contributed by atoms with Crippen molar-refractivity contribution in [2.24, 2.45) is 0 Å². The average molecular weight is 682 g/mol. The van der Waals surface area contributed by atoms with Crippen molar-refractivity contribution in [3.8, 4) is 27.9 Å². The summed E-state index contributed by atoms with van der Waals surface area (Å²) in [5.41, 5.74) is 18.0. The van der Waals surface area contributed by atoms with Gasteiger partial charge in [0.2, 0.25) is 0 Å². The maximum atomic E-state index is 2.50. The summed E-state index contributed by atoms with van der Waals surface area (Å²) < 4.78 is 2.40. The summed E-state index contributed by atoms with van der Waals surface area (Å²) in [7, 11) is 0. The molecule has 1 nitrogen and oxygen atoms in total. The predicted octanol–water partition coefficient (Wildman–Crippen LogP) is 14.0. The van der Waals surface area contributed by atoms with E-state index in [1.165, 1.54) is 83.0 Å². The van der Waals surface area contributed by atoms with E-state index < -0.39 is 0 Å². The normalized spacial score (nSPS) is 16.9. The highest BCUT2D eigenvalue weighted by Gasteiger charge is 2.43. The van der Waals surface area contributed by atoms with Crippen molar-refractivity contribution in [1.29, 1.82) is 0 Å². The van der Waals surface area contributed by atoms with Crippen LogP contribution in [0.25, 0.3) is 61.4 Å². The smallest absolute Gasteiger partial charge is 0.0541 e. The third kappa shape index (κ3) is 5.47. The first-order valence-corrected chi connectivity index (χ1v) is 18.9. The molecule has 1 heteroatoms. The number of hydrogen-bond donors (Lipinski definition) is 0. The second-order valence-corrected chi connectivity index (χ2v) is 14.5. The SMILES string of the molecule is C\C=C/C=C\C=C\c1ccc(-n2c3ccccc3c3cc(-c4ccc(-c5ccccc5C)c(C5(C)C6=C(CCC=C6)c6ccccc65)c4)ccc32)cc1. The van der Waals surface area contributed by atoms with E-state index in [0.717, 1.165) is 18.5 Å². The Balaban J connectivity index is 1.20. The molecule has 0 aliphatic heterocycles. The van der Waals surface area contributed by atoms with E-state index in [1.807, 2.05) is 25.2 Å². The van der Waals surface area contributed by atoms with Crippen LogP contribution in [0, 0.1) is 6.92 Å². The summed E-state index contributed by atoms with van der Waals surface area (Å²) >= 11 is 0. The predicted molar refractivity (Wildman–Crippen MR) is 228 cm³/mol. The van der Waals surface area contributed by atoms with Crippen molar-refractivity contribution < 1.29 is 0 Å². The first-order chi connectivity index (χ1) is 26.1. The van der Waals surface area contributed by atoms with Gasteiger partial charge in [-0.2, -0.15) is 0 Å². The Morgan fingerprint density at radius 2 is 1.32 bits per heavy atom. The Labute approximate surface area is 313 Å². The van der Waals surface area contributed by atoms with Crippen LogP contribution in [0.5, 0.6) is 0 Å². The van der Waals surface area contributed by atoms with Crippen molar-refractivity contribution in [3.63, 3.8) is 0 Å². The molecule has 1 heterocycles. The summed E-state index contributed by atoms with van der Waals surface area (Å²) in [6.07, 6.45) is 19.4. The van der Waals surface area contributed by atoms with Gasteiger partial charge >= 0.3 is 0 Å². The molecule has 1 aromatic heterocycles. The highest BCUT2D eigenvalue weighted by atomic mass is 15.0. The minimum Gasteiger partial charge on any atom is -0.309 e. The van der Waals surface area contributed by atoms with Crippen molar-refractivity contribution in [2.75, 3.05) is 0 Å². The Bertz CT molecular complexity index is 2690. The molecular formula is C52H43N. The lowest BCUT2D eigenvalue weighted by molar-refractivity contribution is 0.705. The first-order valence-electron chi connectivity index (χ1n) is 18.9. The lowest BCUT2D eigenvalue weighted by atomic mass is 9.69. The van der Waals surface area contributed by atoms with Gasteiger partial charge in [0.15, 0.2) is 0 Å². The minimum atomic E-state index is -0.277. The summed E-state index contributed by atoms with van der Waals surface area (Å²) in [4.78, 5) is 0. The van der Waals surface area contributed by atoms with Gasteiger partial charge in [0.1, 0.15) is 0 Å². The fraction of sp³-hybridized carbons (Fsp3) is 0.115. The van der Waals surface area contributed by atoms with Gasteiger partial charge in [-0.25, -0.2) is 0 Å². The average Bonchev–Trinajstić information content (AvgIpc) is 3.68. The van der Waals surface area contributed by atoms with Crippen LogP contribution >= 0.6 is 0 Å². The largest absolute Gasteiger partial charge is 0.309 e. The number of allylic oxidation sites excluding steroid dienone is 9. The summed E-state index contributed by atoms with van der Waals surface area (Å²) in [6, 6.07) is 49.9. The Morgan fingerprint density at radius 3 is 2.17 bits per heavy atom. The zero-order valence-electron chi connectivity index (χ0n) is 30.7. The van der Waals surface area contributed by atoms with E-state index in [9.17, 15) is 0 Å². The fourth-order valence-corrected chi connectivity index (χ4v) is 8.85. The van der Waals surface area contributed by atoms with Crippen molar-refractivity contribution in [3.05, 3.63) is 209 Å². The van der Waals surface area contributed by atoms with Gasteiger partial charge in [-0.15, -0.1) is 0 Å². The minimum absolute atomic E-state index is 0.277. The second-order valence-electron chi connectivity index (χ2n) is 14.5. The molecule has 7 aromatic rings. The number of aromatic nitrogens is 1. The molecule has 0 amide bonds. The van der Waals surface area contributed by atoms with Crippen molar-refractivity contribution >= 4 is 33.5 Å². The lowest BCUT2D eigenvalue weighted by Gasteiger charge is -2.33. The monoisotopic (exact) mass is 681 g/mol.